The van der Waals surface area contributed by atoms with E-state index < -0.39 is 5.97 Å². The van der Waals surface area contributed by atoms with Crippen LogP contribution in [0.5, 0.6) is 0 Å². The molecular weight excluding hydrogens is 192 g/mol. The summed E-state index contributed by atoms with van der Waals surface area (Å²) in [4.78, 5) is 10.5. The van der Waals surface area contributed by atoms with Gasteiger partial charge in [-0.15, -0.1) is 0 Å². The Morgan fingerprint density at radius 3 is 2.60 bits per heavy atom. The second-order valence-electron chi connectivity index (χ2n) is 3.48. The topological polar surface area (TPSA) is 46.5 Å². The molecule has 0 heterocycles. The Bertz CT molecular complexity index is 295. The van der Waals surface area contributed by atoms with E-state index in [0.717, 1.165) is 12.8 Å². The summed E-state index contributed by atoms with van der Waals surface area (Å²) in [7, 11) is 1.55. The third-order valence-electron chi connectivity index (χ3n) is 2.33. The standard InChI is InChI=1S/C12H16O3/c1-15-11(9-12(13)14)8-7-10-5-3-2-4-6-10/h2-6,11H,7-9H2,1H3,(H,13,14). The summed E-state index contributed by atoms with van der Waals surface area (Å²) in [6.07, 6.45) is 1.48. The molecule has 0 bridgehead atoms. The zero-order valence-corrected chi connectivity index (χ0v) is 8.85. The van der Waals surface area contributed by atoms with Gasteiger partial charge in [-0.3, -0.25) is 4.79 Å². The van der Waals surface area contributed by atoms with Crippen LogP contribution in [0.25, 0.3) is 0 Å². The fourth-order valence-corrected chi connectivity index (χ4v) is 1.47. The van der Waals surface area contributed by atoms with Gasteiger partial charge in [-0.25, -0.2) is 0 Å². The van der Waals surface area contributed by atoms with E-state index >= 15 is 0 Å². The van der Waals surface area contributed by atoms with E-state index in [2.05, 4.69) is 0 Å². The lowest BCUT2D eigenvalue weighted by Crippen LogP contribution is -2.16. The molecule has 1 aromatic rings. The molecule has 0 amide bonds. The Labute approximate surface area is 89.7 Å². The number of carbonyl (C=O) groups is 1. The highest BCUT2D eigenvalue weighted by Gasteiger charge is 2.11. The van der Waals surface area contributed by atoms with Crippen molar-refractivity contribution < 1.29 is 14.6 Å². The number of carboxylic acids is 1. The summed E-state index contributed by atoms with van der Waals surface area (Å²) in [6, 6.07) is 10.00. The number of aryl methyl sites for hydroxylation is 1. The largest absolute Gasteiger partial charge is 0.481 e. The van der Waals surface area contributed by atoms with E-state index in [0.29, 0.717) is 0 Å². The summed E-state index contributed by atoms with van der Waals surface area (Å²) < 4.78 is 5.10. The molecule has 3 heteroatoms. The van der Waals surface area contributed by atoms with Gasteiger partial charge in [-0.1, -0.05) is 30.3 Å². The first-order chi connectivity index (χ1) is 7.22. The van der Waals surface area contributed by atoms with E-state index in [1.807, 2.05) is 30.3 Å². The molecule has 1 N–H and O–H groups in total. The SMILES string of the molecule is COC(CCc1ccccc1)CC(=O)O. The first kappa shape index (κ1) is 11.7. The van der Waals surface area contributed by atoms with Gasteiger partial charge >= 0.3 is 5.97 Å². The van der Waals surface area contributed by atoms with Gasteiger partial charge in [0.1, 0.15) is 0 Å². The van der Waals surface area contributed by atoms with Gasteiger partial charge in [-0.2, -0.15) is 0 Å². The summed E-state index contributed by atoms with van der Waals surface area (Å²) >= 11 is 0. The van der Waals surface area contributed by atoms with Crippen LogP contribution in [0.4, 0.5) is 0 Å². The highest BCUT2D eigenvalue weighted by atomic mass is 16.5. The quantitative estimate of drug-likeness (QED) is 0.778. The number of benzene rings is 1. The lowest BCUT2D eigenvalue weighted by molar-refractivity contribution is -0.139. The van der Waals surface area contributed by atoms with Crippen LogP contribution in [0.15, 0.2) is 30.3 Å². The molecule has 3 nitrogen and oxygen atoms in total. The molecular formula is C12H16O3. The lowest BCUT2D eigenvalue weighted by Gasteiger charge is -2.12. The van der Waals surface area contributed by atoms with Crippen molar-refractivity contribution in [1.29, 1.82) is 0 Å². The number of rotatable bonds is 6. The van der Waals surface area contributed by atoms with Crippen LogP contribution in [0.3, 0.4) is 0 Å². The Hall–Kier alpha value is -1.35. The predicted molar refractivity (Wildman–Crippen MR) is 57.8 cm³/mol. The molecule has 0 aliphatic heterocycles. The Morgan fingerprint density at radius 2 is 2.07 bits per heavy atom. The first-order valence-electron chi connectivity index (χ1n) is 5.01. The number of methoxy groups -OCH3 is 1. The zero-order valence-electron chi connectivity index (χ0n) is 8.85. The monoisotopic (exact) mass is 208 g/mol. The molecule has 1 rings (SSSR count). The molecule has 1 atom stereocenters. The van der Waals surface area contributed by atoms with E-state index in [-0.39, 0.29) is 12.5 Å². The zero-order chi connectivity index (χ0) is 11.1. The third kappa shape index (κ3) is 4.61. The average Bonchev–Trinajstić information content (AvgIpc) is 2.25. The second kappa shape index (κ2) is 6.19. The van der Waals surface area contributed by atoms with Crippen LogP contribution in [0, 0.1) is 0 Å². The van der Waals surface area contributed by atoms with Gasteiger partial charge in [-0.05, 0) is 18.4 Å². The van der Waals surface area contributed by atoms with Gasteiger partial charge in [0.25, 0.3) is 0 Å². The molecule has 15 heavy (non-hydrogen) atoms. The highest BCUT2D eigenvalue weighted by molar-refractivity contribution is 5.67. The van der Waals surface area contributed by atoms with Crippen LogP contribution in [0.2, 0.25) is 0 Å². The fraction of sp³-hybridized carbons (Fsp3) is 0.417. The number of carboxylic acid groups (broad SMARTS) is 1. The van der Waals surface area contributed by atoms with Crippen molar-refractivity contribution in [1.82, 2.24) is 0 Å². The maximum atomic E-state index is 10.5. The minimum Gasteiger partial charge on any atom is -0.481 e. The Balaban J connectivity index is 2.37. The number of aliphatic carboxylic acids is 1. The van der Waals surface area contributed by atoms with Crippen LogP contribution in [0.1, 0.15) is 18.4 Å². The van der Waals surface area contributed by atoms with E-state index in [9.17, 15) is 4.79 Å². The van der Waals surface area contributed by atoms with Crippen LogP contribution >= 0.6 is 0 Å². The molecule has 1 aromatic carbocycles. The minimum absolute atomic E-state index is 0.0728. The average molecular weight is 208 g/mol. The molecule has 0 spiro atoms. The molecule has 0 radical (unpaired) electrons. The number of hydrogen-bond acceptors (Lipinski definition) is 2. The van der Waals surface area contributed by atoms with Crippen molar-refractivity contribution >= 4 is 5.97 Å². The van der Waals surface area contributed by atoms with Crippen molar-refractivity contribution in [3.05, 3.63) is 35.9 Å². The Morgan fingerprint density at radius 1 is 1.40 bits per heavy atom. The van der Waals surface area contributed by atoms with Crippen molar-refractivity contribution in [3.63, 3.8) is 0 Å². The summed E-state index contributed by atoms with van der Waals surface area (Å²) in [5.41, 5.74) is 1.21. The minimum atomic E-state index is -0.810. The predicted octanol–water partition coefficient (Wildman–Crippen LogP) is 2.11. The maximum absolute atomic E-state index is 10.5. The summed E-state index contributed by atoms with van der Waals surface area (Å²) in [6.45, 7) is 0. The molecule has 0 aromatic heterocycles. The third-order valence-corrected chi connectivity index (χ3v) is 2.33. The number of hydrogen-bond donors (Lipinski definition) is 1. The summed E-state index contributed by atoms with van der Waals surface area (Å²) in [5, 5.41) is 8.63. The maximum Gasteiger partial charge on any atom is 0.305 e. The van der Waals surface area contributed by atoms with Crippen LogP contribution in [-0.4, -0.2) is 24.3 Å². The fourth-order valence-electron chi connectivity index (χ4n) is 1.47. The van der Waals surface area contributed by atoms with Gasteiger partial charge in [0.05, 0.1) is 12.5 Å². The molecule has 0 saturated heterocycles. The van der Waals surface area contributed by atoms with E-state index in [1.165, 1.54) is 5.56 Å². The van der Waals surface area contributed by atoms with Gasteiger partial charge in [0, 0.05) is 7.11 Å². The summed E-state index contributed by atoms with van der Waals surface area (Å²) in [5.74, 6) is -0.810. The lowest BCUT2D eigenvalue weighted by atomic mass is 10.1. The molecule has 0 aliphatic carbocycles. The first-order valence-corrected chi connectivity index (χ1v) is 5.01. The molecule has 0 fully saturated rings. The van der Waals surface area contributed by atoms with E-state index in [4.69, 9.17) is 9.84 Å². The van der Waals surface area contributed by atoms with Crippen molar-refractivity contribution in [3.8, 4) is 0 Å². The Kier molecular flexibility index (Phi) is 4.84. The number of ether oxygens (including phenoxy) is 1. The second-order valence-corrected chi connectivity index (χ2v) is 3.48. The van der Waals surface area contributed by atoms with Crippen molar-refractivity contribution in [2.45, 2.75) is 25.4 Å². The molecule has 0 aliphatic rings. The normalized spacial score (nSPS) is 12.3. The molecule has 0 saturated carbocycles. The van der Waals surface area contributed by atoms with Crippen LogP contribution < -0.4 is 0 Å². The van der Waals surface area contributed by atoms with Crippen molar-refractivity contribution in [2.24, 2.45) is 0 Å². The van der Waals surface area contributed by atoms with Gasteiger partial charge in [0.15, 0.2) is 0 Å². The molecule has 82 valence electrons. The highest BCUT2D eigenvalue weighted by Crippen LogP contribution is 2.09. The van der Waals surface area contributed by atoms with Crippen molar-refractivity contribution in [2.75, 3.05) is 7.11 Å². The van der Waals surface area contributed by atoms with Gasteiger partial charge in [0.2, 0.25) is 0 Å². The molecule has 1 unspecified atom stereocenters. The smallest absolute Gasteiger partial charge is 0.305 e. The van der Waals surface area contributed by atoms with E-state index in [1.54, 1.807) is 7.11 Å². The van der Waals surface area contributed by atoms with Gasteiger partial charge < -0.3 is 9.84 Å². The van der Waals surface area contributed by atoms with Crippen LogP contribution in [-0.2, 0) is 16.0 Å².